The third-order valence-electron chi connectivity index (χ3n) is 2.69. The van der Waals surface area contributed by atoms with Crippen molar-refractivity contribution in [1.82, 2.24) is 0 Å². The van der Waals surface area contributed by atoms with Crippen LogP contribution < -0.4 is 0 Å². The highest BCUT2D eigenvalue weighted by atomic mass is 16.5. The standard InChI is InChI=1S/C12H20O3/c1-2-15-12(14)11(13)10-8-6-4-3-5-7-9-10/h8,11,13H,2-7,9H2,1H3. The predicted molar refractivity (Wildman–Crippen MR) is 58.4 cm³/mol. The zero-order chi connectivity index (χ0) is 11.1. The molecule has 1 rings (SSSR count). The highest BCUT2D eigenvalue weighted by molar-refractivity contribution is 5.77. The number of carbonyl (C=O) groups is 1. The van der Waals surface area contributed by atoms with Gasteiger partial charge in [0.1, 0.15) is 0 Å². The van der Waals surface area contributed by atoms with Crippen LogP contribution in [0.5, 0.6) is 0 Å². The highest BCUT2D eigenvalue weighted by Gasteiger charge is 2.20. The molecule has 1 aliphatic rings. The van der Waals surface area contributed by atoms with E-state index in [1.807, 2.05) is 6.08 Å². The van der Waals surface area contributed by atoms with Crippen LogP contribution in [0.25, 0.3) is 0 Å². The van der Waals surface area contributed by atoms with Gasteiger partial charge in [-0.3, -0.25) is 0 Å². The third-order valence-corrected chi connectivity index (χ3v) is 2.69. The van der Waals surface area contributed by atoms with Crippen LogP contribution in [0.3, 0.4) is 0 Å². The molecule has 3 heteroatoms. The first-order chi connectivity index (χ1) is 7.25. The Bertz CT molecular complexity index is 233. The summed E-state index contributed by atoms with van der Waals surface area (Å²) in [6, 6.07) is 0. The second kappa shape index (κ2) is 6.62. The predicted octanol–water partition coefficient (Wildman–Crippen LogP) is 2.19. The highest BCUT2D eigenvalue weighted by Crippen LogP contribution is 2.20. The Balaban J connectivity index is 2.54. The van der Waals surface area contributed by atoms with Crippen molar-refractivity contribution in [3.63, 3.8) is 0 Å². The van der Waals surface area contributed by atoms with Gasteiger partial charge in [0.15, 0.2) is 6.10 Å². The molecule has 0 fully saturated rings. The summed E-state index contributed by atoms with van der Waals surface area (Å²) < 4.78 is 4.80. The Morgan fingerprint density at radius 1 is 1.47 bits per heavy atom. The summed E-state index contributed by atoms with van der Waals surface area (Å²) in [6.45, 7) is 2.07. The number of hydrogen-bond donors (Lipinski definition) is 1. The summed E-state index contributed by atoms with van der Waals surface area (Å²) in [4.78, 5) is 11.3. The summed E-state index contributed by atoms with van der Waals surface area (Å²) in [5.74, 6) is -0.510. The number of ether oxygens (including phenoxy) is 1. The van der Waals surface area contributed by atoms with E-state index < -0.39 is 12.1 Å². The molecule has 0 aromatic heterocycles. The second-order valence-corrected chi connectivity index (χ2v) is 3.89. The Kier molecular flexibility index (Phi) is 5.40. The Morgan fingerprint density at radius 3 is 2.93 bits per heavy atom. The average molecular weight is 212 g/mol. The topological polar surface area (TPSA) is 46.5 Å². The first-order valence-electron chi connectivity index (χ1n) is 5.79. The lowest BCUT2D eigenvalue weighted by Gasteiger charge is -2.15. The molecule has 0 saturated carbocycles. The quantitative estimate of drug-likeness (QED) is 0.576. The van der Waals surface area contributed by atoms with E-state index in [0.29, 0.717) is 6.61 Å². The van der Waals surface area contributed by atoms with E-state index in [2.05, 4.69) is 0 Å². The molecule has 15 heavy (non-hydrogen) atoms. The van der Waals surface area contributed by atoms with Crippen molar-refractivity contribution in [3.8, 4) is 0 Å². The monoisotopic (exact) mass is 212 g/mol. The number of allylic oxidation sites excluding steroid dienone is 1. The molecule has 0 aromatic rings. The molecular weight excluding hydrogens is 192 g/mol. The molecule has 0 saturated heterocycles. The number of esters is 1. The van der Waals surface area contributed by atoms with Gasteiger partial charge in [0.05, 0.1) is 6.61 Å². The maximum Gasteiger partial charge on any atom is 0.339 e. The van der Waals surface area contributed by atoms with E-state index in [0.717, 1.165) is 31.3 Å². The van der Waals surface area contributed by atoms with E-state index in [1.54, 1.807) is 6.92 Å². The summed E-state index contributed by atoms with van der Waals surface area (Å²) >= 11 is 0. The van der Waals surface area contributed by atoms with E-state index in [9.17, 15) is 9.90 Å². The van der Waals surface area contributed by atoms with Gasteiger partial charge in [-0.1, -0.05) is 18.9 Å². The number of aliphatic hydroxyl groups is 1. The molecule has 0 heterocycles. The zero-order valence-corrected chi connectivity index (χ0v) is 9.37. The number of rotatable bonds is 3. The Morgan fingerprint density at radius 2 is 2.20 bits per heavy atom. The molecular formula is C12H20O3. The largest absolute Gasteiger partial charge is 0.464 e. The molecule has 1 atom stereocenters. The molecule has 1 N–H and O–H groups in total. The molecule has 1 unspecified atom stereocenters. The summed E-state index contributed by atoms with van der Waals surface area (Å²) in [5, 5.41) is 9.75. The lowest BCUT2D eigenvalue weighted by Crippen LogP contribution is -2.25. The van der Waals surface area contributed by atoms with Crippen LogP contribution in [0.15, 0.2) is 11.6 Å². The molecule has 0 aliphatic heterocycles. The van der Waals surface area contributed by atoms with Crippen LogP contribution in [-0.2, 0) is 9.53 Å². The fourth-order valence-electron chi connectivity index (χ4n) is 1.84. The summed E-state index contributed by atoms with van der Waals surface area (Å²) in [6.07, 6.45) is 7.39. The van der Waals surface area contributed by atoms with Gasteiger partial charge in [0.25, 0.3) is 0 Å². The number of carbonyl (C=O) groups excluding carboxylic acids is 1. The van der Waals surface area contributed by atoms with Crippen molar-refractivity contribution in [2.24, 2.45) is 0 Å². The minimum Gasteiger partial charge on any atom is -0.464 e. The average Bonchev–Trinajstić information content (AvgIpc) is 2.16. The fourth-order valence-corrected chi connectivity index (χ4v) is 1.84. The van der Waals surface area contributed by atoms with Crippen LogP contribution in [0, 0.1) is 0 Å². The van der Waals surface area contributed by atoms with Crippen molar-refractivity contribution in [2.45, 2.75) is 51.6 Å². The van der Waals surface area contributed by atoms with Gasteiger partial charge >= 0.3 is 5.97 Å². The van der Waals surface area contributed by atoms with Gasteiger partial charge in [0, 0.05) is 0 Å². The van der Waals surface area contributed by atoms with Gasteiger partial charge < -0.3 is 9.84 Å². The van der Waals surface area contributed by atoms with Gasteiger partial charge in [-0.25, -0.2) is 4.79 Å². The van der Waals surface area contributed by atoms with Crippen molar-refractivity contribution >= 4 is 5.97 Å². The molecule has 3 nitrogen and oxygen atoms in total. The lowest BCUT2D eigenvalue weighted by molar-refractivity contribution is -0.151. The van der Waals surface area contributed by atoms with Crippen LogP contribution >= 0.6 is 0 Å². The van der Waals surface area contributed by atoms with Crippen molar-refractivity contribution in [2.75, 3.05) is 6.61 Å². The fraction of sp³-hybridized carbons (Fsp3) is 0.750. The normalized spacial score (nSPS) is 19.7. The van der Waals surface area contributed by atoms with Crippen molar-refractivity contribution in [1.29, 1.82) is 0 Å². The number of hydrogen-bond acceptors (Lipinski definition) is 3. The minimum absolute atomic E-state index is 0.323. The zero-order valence-electron chi connectivity index (χ0n) is 9.37. The van der Waals surface area contributed by atoms with E-state index in [-0.39, 0.29) is 0 Å². The Hall–Kier alpha value is -0.830. The maximum atomic E-state index is 11.3. The van der Waals surface area contributed by atoms with E-state index in [1.165, 1.54) is 12.8 Å². The van der Waals surface area contributed by atoms with E-state index in [4.69, 9.17) is 4.74 Å². The summed E-state index contributed by atoms with van der Waals surface area (Å²) in [7, 11) is 0. The lowest BCUT2D eigenvalue weighted by atomic mass is 9.96. The van der Waals surface area contributed by atoms with Gasteiger partial charge in [0.2, 0.25) is 0 Å². The minimum atomic E-state index is -1.04. The van der Waals surface area contributed by atoms with Gasteiger partial charge in [-0.15, -0.1) is 0 Å². The van der Waals surface area contributed by atoms with Gasteiger partial charge in [-0.05, 0) is 38.2 Å². The van der Waals surface area contributed by atoms with Crippen molar-refractivity contribution < 1.29 is 14.6 Å². The van der Waals surface area contributed by atoms with Crippen LogP contribution in [0.1, 0.15) is 45.4 Å². The molecule has 1 aliphatic carbocycles. The third kappa shape index (κ3) is 4.04. The molecule has 0 bridgehead atoms. The molecule has 0 radical (unpaired) electrons. The van der Waals surface area contributed by atoms with Crippen molar-refractivity contribution in [3.05, 3.63) is 11.6 Å². The second-order valence-electron chi connectivity index (χ2n) is 3.89. The Labute approximate surface area is 91.1 Å². The van der Waals surface area contributed by atoms with E-state index >= 15 is 0 Å². The SMILES string of the molecule is CCOC(=O)C(O)C1=CCCCCCC1. The first-order valence-corrected chi connectivity index (χ1v) is 5.79. The molecule has 0 aromatic carbocycles. The van der Waals surface area contributed by atoms with Crippen LogP contribution in [0.4, 0.5) is 0 Å². The molecule has 0 amide bonds. The van der Waals surface area contributed by atoms with Gasteiger partial charge in [-0.2, -0.15) is 0 Å². The summed E-state index contributed by atoms with van der Waals surface area (Å²) in [5.41, 5.74) is 0.841. The smallest absolute Gasteiger partial charge is 0.339 e. The van der Waals surface area contributed by atoms with Crippen LogP contribution in [-0.4, -0.2) is 23.8 Å². The first kappa shape index (κ1) is 12.2. The molecule has 86 valence electrons. The maximum absolute atomic E-state index is 11.3. The molecule has 0 spiro atoms. The number of aliphatic hydroxyl groups excluding tert-OH is 1. The van der Waals surface area contributed by atoms with Crippen LogP contribution in [0.2, 0.25) is 0 Å².